The summed E-state index contributed by atoms with van der Waals surface area (Å²) >= 11 is 0. The van der Waals surface area contributed by atoms with Crippen molar-refractivity contribution in [1.29, 1.82) is 0 Å². The Morgan fingerprint density at radius 3 is 2.53 bits per heavy atom. The van der Waals surface area contributed by atoms with Gasteiger partial charge in [0.25, 0.3) is 0 Å². The second kappa shape index (κ2) is 8.37. The van der Waals surface area contributed by atoms with Crippen LogP contribution in [0.2, 0.25) is 0 Å². The molecule has 4 aliphatic rings. The first kappa shape index (κ1) is 21.1. The van der Waals surface area contributed by atoms with E-state index in [1.165, 1.54) is 25.9 Å². The first-order valence-electron chi connectivity index (χ1n) is 12.1. The quantitative estimate of drug-likeness (QED) is 0.679. The second-order valence-electron chi connectivity index (χ2n) is 9.44. The molecule has 0 aromatic heterocycles. The fourth-order valence-electron chi connectivity index (χ4n) is 5.38. The maximum atomic E-state index is 13.7. The molecule has 2 heterocycles. The molecule has 2 aliphatic heterocycles. The number of ether oxygens (including phenoxy) is 1. The highest BCUT2D eigenvalue weighted by Gasteiger charge is 2.46. The number of benzene rings is 2. The molecule has 0 bridgehead atoms. The van der Waals surface area contributed by atoms with Gasteiger partial charge in [0.1, 0.15) is 5.57 Å². The number of hydrogen-bond donors (Lipinski definition) is 2. The van der Waals surface area contributed by atoms with Crippen LogP contribution in [0.3, 0.4) is 0 Å². The van der Waals surface area contributed by atoms with E-state index in [1.807, 2.05) is 37.3 Å². The van der Waals surface area contributed by atoms with E-state index < -0.39 is 6.10 Å². The van der Waals surface area contributed by atoms with Crippen molar-refractivity contribution in [2.24, 2.45) is 0 Å². The summed E-state index contributed by atoms with van der Waals surface area (Å²) in [6.45, 7) is 6.11. The van der Waals surface area contributed by atoms with Crippen LogP contribution in [0.1, 0.15) is 45.5 Å². The van der Waals surface area contributed by atoms with Gasteiger partial charge in [-0.1, -0.05) is 30.3 Å². The van der Waals surface area contributed by atoms with Crippen LogP contribution in [-0.4, -0.2) is 54.5 Å². The molecular formula is C28H28N3O3+. The lowest BCUT2D eigenvalue weighted by molar-refractivity contribution is -0.363. The lowest BCUT2D eigenvalue weighted by Gasteiger charge is -2.30. The zero-order chi connectivity index (χ0) is 23.2. The van der Waals surface area contributed by atoms with E-state index in [2.05, 4.69) is 15.2 Å². The van der Waals surface area contributed by atoms with E-state index >= 15 is 0 Å². The minimum absolute atomic E-state index is 0.119. The SMILES string of the molecule is Cc1ccc2c(c1)[NH+]=C1C3=C(C(=O)c4ccccc4C3=O)C(NCCCN3CCCC3)=CC1O2. The Kier molecular flexibility index (Phi) is 5.18. The smallest absolute Gasteiger partial charge is 0.246 e. The summed E-state index contributed by atoms with van der Waals surface area (Å²) in [6.07, 6.45) is 5.00. The van der Waals surface area contributed by atoms with Crippen molar-refractivity contribution in [2.45, 2.75) is 32.3 Å². The van der Waals surface area contributed by atoms with Crippen molar-refractivity contribution in [3.8, 4) is 5.75 Å². The van der Waals surface area contributed by atoms with Gasteiger partial charge in [0.15, 0.2) is 11.5 Å². The Hall–Kier alpha value is -3.51. The molecular weight excluding hydrogens is 426 g/mol. The molecule has 2 aromatic rings. The highest BCUT2D eigenvalue weighted by molar-refractivity contribution is 6.39. The average molecular weight is 455 g/mol. The van der Waals surface area contributed by atoms with Gasteiger partial charge in [0, 0.05) is 29.4 Å². The second-order valence-corrected chi connectivity index (χ2v) is 9.44. The van der Waals surface area contributed by atoms with Crippen LogP contribution in [0.25, 0.3) is 0 Å². The summed E-state index contributed by atoms with van der Waals surface area (Å²) in [7, 11) is 0. The van der Waals surface area contributed by atoms with Crippen LogP contribution in [0.5, 0.6) is 5.75 Å². The first-order valence-corrected chi connectivity index (χ1v) is 12.1. The molecule has 6 nitrogen and oxygen atoms in total. The zero-order valence-corrected chi connectivity index (χ0v) is 19.3. The molecule has 2 aliphatic carbocycles. The number of hydrogen-bond acceptors (Lipinski definition) is 5. The molecule has 1 saturated heterocycles. The number of likely N-dealkylation sites (tertiary alicyclic amines) is 1. The summed E-state index contributed by atoms with van der Waals surface area (Å²) in [4.78, 5) is 33.2. The topological polar surface area (TPSA) is 72.6 Å². The van der Waals surface area contributed by atoms with Crippen LogP contribution < -0.4 is 15.0 Å². The number of carbonyl (C=O) groups is 2. The van der Waals surface area contributed by atoms with Crippen molar-refractivity contribution in [3.63, 3.8) is 0 Å². The maximum absolute atomic E-state index is 13.7. The number of aryl methyl sites for hydroxylation is 1. The van der Waals surface area contributed by atoms with Crippen molar-refractivity contribution in [2.75, 3.05) is 26.2 Å². The number of allylic oxidation sites excluding steroid dienone is 1. The van der Waals surface area contributed by atoms with E-state index in [1.54, 1.807) is 18.2 Å². The third-order valence-electron chi connectivity index (χ3n) is 7.09. The minimum atomic E-state index is -0.461. The number of rotatable bonds is 5. The predicted molar refractivity (Wildman–Crippen MR) is 130 cm³/mol. The first-order chi connectivity index (χ1) is 16.6. The molecule has 0 saturated carbocycles. The fraction of sp³-hybridized carbons (Fsp3) is 0.321. The Bertz CT molecular complexity index is 1300. The monoisotopic (exact) mass is 454 g/mol. The van der Waals surface area contributed by atoms with Gasteiger partial charge in [0.2, 0.25) is 23.3 Å². The molecule has 2 N–H and O–H groups in total. The molecule has 1 fully saturated rings. The molecule has 2 aromatic carbocycles. The standard InChI is InChI=1S/C28H27N3O3/c1-17-9-10-22-20(15-17)30-26-23(34-22)16-21(29-11-6-14-31-12-4-5-13-31)24-25(26)28(33)19-8-3-2-7-18(19)27(24)32/h2-3,7-10,15-16,23,29H,4-6,11-14H2,1H3/p+1. The van der Waals surface area contributed by atoms with Crippen molar-refractivity contribution in [3.05, 3.63) is 82.1 Å². The van der Waals surface area contributed by atoms with Crippen molar-refractivity contribution < 1.29 is 19.3 Å². The Morgan fingerprint density at radius 1 is 1.03 bits per heavy atom. The normalized spacial score (nSPS) is 21.1. The minimum Gasteiger partial charge on any atom is -0.468 e. The summed E-state index contributed by atoms with van der Waals surface area (Å²) < 4.78 is 6.31. The number of carbonyl (C=O) groups excluding carboxylic acids is 2. The van der Waals surface area contributed by atoms with Gasteiger partial charge < -0.3 is 15.0 Å². The molecule has 1 atom stereocenters. The van der Waals surface area contributed by atoms with Crippen LogP contribution in [-0.2, 0) is 0 Å². The van der Waals surface area contributed by atoms with Crippen molar-refractivity contribution in [1.82, 2.24) is 10.2 Å². The van der Waals surface area contributed by atoms with E-state index in [0.29, 0.717) is 33.7 Å². The summed E-state index contributed by atoms with van der Waals surface area (Å²) in [6, 6.07) is 13.0. The average Bonchev–Trinajstić information content (AvgIpc) is 3.37. The zero-order valence-electron chi connectivity index (χ0n) is 19.3. The lowest BCUT2D eigenvalue weighted by atomic mass is 9.76. The molecule has 0 spiro atoms. The van der Waals surface area contributed by atoms with Crippen LogP contribution in [0.4, 0.5) is 5.69 Å². The van der Waals surface area contributed by atoms with Gasteiger partial charge in [-0.3, -0.25) is 9.59 Å². The largest absolute Gasteiger partial charge is 0.468 e. The summed E-state index contributed by atoms with van der Waals surface area (Å²) in [5, 5.41) is 3.48. The van der Waals surface area contributed by atoms with Gasteiger partial charge in [-0.15, -0.1) is 0 Å². The van der Waals surface area contributed by atoms with E-state index in [4.69, 9.17) is 4.74 Å². The number of fused-ring (bicyclic) bond motifs is 4. The Balaban J connectivity index is 1.38. The van der Waals surface area contributed by atoms with Crippen LogP contribution in [0, 0.1) is 6.92 Å². The van der Waals surface area contributed by atoms with Gasteiger partial charge >= 0.3 is 0 Å². The molecule has 6 rings (SSSR count). The van der Waals surface area contributed by atoms with Crippen LogP contribution in [0.15, 0.2) is 65.4 Å². The number of nitrogens with zero attached hydrogens (tertiary/aromatic N) is 1. The van der Waals surface area contributed by atoms with Gasteiger partial charge in [-0.25, -0.2) is 4.99 Å². The van der Waals surface area contributed by atoms with Gasteiger partial charge in [-0.2, -0.15) is 0 Å². The number of ketones is 2. The lowest BCUT2D eigenvalue weighted by Crippen LogP contribution is -2.73. The molecule has 6 heteroatoms. The third-order valence-corrected chi connectivity index (χ3v) is 7.09. The summed E-state index contributed by atoms with van der Waals surface area (Å²) in [5.41, 5.74) is 5.01. The molecule has 1 unspecified atom stereocenters. The van der Waals surface area contributed by atoms with E-state index in [-0.39, 0.29) is 11.6 Å². The summed E-state index contributed by atoms with van der Waals surface area (Å²) in [5.74, 6) is 0.483. The third kappa shape index (κ3) is 3.49. The predicted octanol–water partition coefficient (Wildman–Crippen LogP) is 2.26. The molecule has 34 heavy (non-hydrogen) atoms. The van der Waals surface area contributed by atoms with E-state index in [0.717, 1.165) is 36.5 Å². The number of Topliss-reactive ketones (excluding diaryl/α,β-unsaturated/α-hetero) is 2. The van der Waals surface area contributed by atoms with Crippen molar-refractivity contribution >= 4 is 23.0 Å². The van der Waals surface area contributed by atoms with E-state index in [9.17, 15) is 9.59 Å². The Morgan fingerprint density at radius 2 is 1.76 bits per heavy atom. The van der Waals surface area contributed by atoms with Gasteiger partial charge in [0.05, 0.1) is 5.57 Å². The highest BCUT2D eigenvalue weighted by Crippen LogP contribution is 2.36. The van der Waals surface area contributed by atoms with Gasteiger partial charge in [-0.05, 0) is 63.5 Å². The highest BCUT2D eigenvalue weighted by atomic mass is 16.5. The van der Waals surface area contributed by atoms with Crippen LogP contribution >= 0.6 is 0 Å². The molecule has 0 amide bonds. The molecule has 172 valence electrons. The maximum Gasteiger partial charge on any atom is 0.246 e. The Labute approximate surface area is 199 Å². The fourth-order valence-corrected chi connectivity index (χ4v) is 5.38. The molecule has 0 radical (unpaired) electrons. The number of nitrogens with one attached hydrogen (secondary N) is 2.